The molecule has 1 aromatic heterocycles. The highest BCUT2D eigenvalue weighted by Crippen LogP contribution is 2.53. The second kappa shape index (κ2) is 7.24. The molecule has 0 aliphatic carbocycles. The second-order valence-corrected chi connectivity index (χ2v) is 5.28. The Kier molecular flexibility index (Phi) is 5.53. The Morgan fingerprint density at radius 2 is 1.50 bits per heavy atom. The first-order valence-corrected chi connectivity index (χ1v) is 7.16. The van der Waals surface area contributed by atoms with Gasteiger partial charge in [-0.25, -0.2) is 18.6 Å². The fourth-order valence-electron chi connectivity index (χ4n) is 2.08. The van der Waals surface area contributed by atoms with Gasteiger partial charge < -0.3 is 9.47 Å². The van der Waals surface area contributed by atoms with E-state index < -0.39 is 47.0 Å². The molecule has 0 amide bonds. The van der Waals surface area contributed by atoms with Crippen LogP contribution < -0.4 is 4.74 Å². The van der Waals surface area contributed by atoms with E-state index in [1.165, 1.54) is 0 Å². The highest BCUT2D eigenvalue weighted by atomic mass is 19.4. The number of hydrogen-bond acceptors (Lipinski definition) is 4. The lowest BCUT2D eigenvalue weighted by atomic mass is 9.94. The SMILES string of the molecule is COC(=O)c1cnc(Oc2ccc(C(F)(C(F)(F)F)C(F)(F)F)cc2)c(F)c1. The van der Waals surface area contributed by atoms with Gasteiger partial charge in [0.05, 0.1) is 12.7 Å². The van der Waals surface area contributed by atoms with Gasteiger partial charge in [0.15, 0.2) is 5.82 Å². The Morgan fingerprint density at radius 1 is 0.964 bits per heavy atom. The molecular weight excluding hydrogens is 406 g/mol. The number of methoxy groups -OCH3 is 1. The fourth-order valence-corrected chi connectivity index (χ4v) is 2.08. The van der Waals surface area contributed by atoms with Crippen LogP contribution in [-0.4, -0.2) is 30.4 Å². The number of halogens is 8. The third-order valence-corrected chi connectivity index (χ3v) is 3.48. The summed E-state index contributed by atoms with van der Waals surface area (Å²) in [7, 11) is 1.04. The summed E-state index contributed by atoms with van der Waals surface area (Å²) in [4.78, 5) is 14.7. The van der Waals surface area contributed by atoms with Crippen LogP contribution in [0.1, 0.15) is 15.9 Å². The summed E-state index contributed by atoms with van der Waals surface area (Å²) in [6, 6.07) is 2.27. The fraction of sp³-hybridized carbons (Fsp3) is 0.250. The molecule has 2 aromatic rings. The van der Waals surface area contributed by atoms with Crippen LogP contribution in [0.25, 0.3) is 0 Å². The number of nitrogens with zero attached hydrogens (tertiary/aromatic N) is 1. The molecular formula is C16H9F8NO3. The number of carbonyl (C=O) groups is 1. The summed E-state index contributed by atoms with van der Waals surface area (Å²) in [6.45, 7) is 0. The quantitative estimate of drug-likeness (QED) is 0.516. The minimum atomic E-state index is -6.26. The zero-order chi connectivity index (χ0) is 21.3. The van der Waals surface area contributed by atoms with Gasteiger partial charge in [0, 0.05) is 11.8 Å². The number of benzene rings is 1. The molecule has 1 heterocycles. The van der Waals surface area contributed by atoms with E-state index in [0.717, 1.165) is 13.3 Å². The van der Waals surface area contributed by atoms with E-state index in [2.05, 4.69) is 9.72 Å². The van der Waals surface area contributed by atoms with E-state index in [1.54, 1.807) is 0 Å². The van der Waals surface area contributed by atoms with Crippen molar-refractivity contribution in [3.05, 3.63) is 53.5 Å². The molecule has 0 aliphatic heterocycles. The molecule has 28 heavy (non-hydrogen) atoms. The summed E-state index contributed by atoms with van der Waals surface area (Å²) in [5.74, 6) is -3.20. The van der Waals surface area contributed by atoms with Crippen molar-refractivity contribution < 1.29 is 49.4 Å². The van der Waals surface area contributed by atoms with Crippen LogP contribution in [-0.2, 0) is 10.4 Å². The first kappa shape index (κ1) is 21.4. The van der Waals surface area contributed by atoms with Gasteiger partial charge in [-0.3, -0.25) is 0 Å². The maximum absolute atomic E-state index is 13.9. The lowest BCUT2D eigenvalue weighted by molar-refractivity contribution is -0.348. The van der Waals surface area contributed by atoms with Gasteiger partial charge in [-0.2, -0.15) is 26.3 Å². The molecule has 0 saturated heterocycles. The van der Waals surface area contributed by atoms with Gasteiger partial charge >= 0.3 is 24.0 Å². The van der Waals surface area contributed by atoms with Crippen LogP contribution in [0, 0.1) is 5.82 Å². The van der Waals surface area contributed by atoms with Crippen LogP contribution in [0.2, 0.25) is 0 Å². The van der Waals surface area contributed by atoms with Crippen molar-refractivity contribution >= 4 is 5.97 Å². The van der Waals surface area contributed by atoms with Crippen molar-refractivity contribution in [3.63, 3.8) is 0 Å². The Balaban J connectivity index is 2.32. The van der Waals surface area contributed by atoms with Crippen molar-refractivity contribution in [3.8, 4) is 11.6 Å². The van der Waals surface area contributed by atoms with Crippen LogP contribution in [0.15, 0.2) is 36.5 Å². The number of carbonyl (C=O) groups excluding carboxylic acids is 1. The summed E-state index contributed by atoms with van der Waals surface area (Å²) in [6.07, 6.45) is -11.6. The highest BCUT2D eigenvalue weighted by molar-refractivity contribution is 5.88. The van der Waals surface area contributed by atoms with E-state index in [0.29, 0.717) is 18.2 Å². The molecule has 152 valence electrons. The average molecular weight is 415 g/mol. The van der Waals surface area contributed by atoms with E-state index in [-0.39, 0.29) is 17.7 Å². The topological polar surface area (TPSA) is 48.4 Å². The number of alkyl halides is 7. The van der Waals surface area contributed by atoms with Crippen molar-refractivity contribution in [1.29, 1.82) is 0 Å². The van der Waals surface area contributed by atoms with Crippen molar-refractivity contribution in [2.45, 2.75) is 18.0 Å². The molecule has 0 bridgehead atoms. The van der Waals surface area contributed by atoms with Crippen LogP contribution in [0.4, 0.5) is 35.1 Å². The minimum Gasteiger partial charge on any atom is -0.465 e. The second-order valence-electron chi connectivity index (χ2n) is 5.28. The average Bonchev–Trinajstić information content (AvgIpc) is 2.60. The molecule has 0 atom stereocenters. The lowest BCUT2D eigenvalue weighted by Gasteiger charge is -2.30. The molecule has 4 nitrogen and oxygen atoms in total. The first-order valence-electron chi connectivity index (χ1n) is 7.16. The summed E-state index contributed by atoms with van der Waals surface area (Å²) >= 11 is 0. The minimum absolute atomic E-state index is 0.205. The third kappa shape index (κ3) is 3.85. The first-order chi connectivity index (χ1) is 12.8. The number of ether oxygens (including phenoxy) is 2. The van der Waals surface area contributed by atoms with Gasteiger partial charge in [-0.05, 0) is 18.2 Å². The molecule has 0 fully saturated rings. The Labute approximate surface area is 151 Å². The van der Waals surface area contributed by atoms with Crippen molar-refractivity contribution in [2.75, 3.05) is 7.11 Å². The molecule has 0 saturated carbocycles. The predicted molar refractivity (Wildman–Crippen MR) is 76.9 cm³/mol. The van der Waals surface area contributed by atoms with Crippen molar-refractivity contribution in [2.24, 2.45) is 0 Å². The zero-order valence-electron chi connectivity index (χ0n) is 13.7. The third-order valence-electron chi connectivity index (χ3n) is 3.48. The Hall–Kier alpha value is -2.92. The molecule has 0 unspecified atom stereocenters. The summed E-state index contributed by atoms with van der Waals surface area (Å²) in [5.41, 5.74) is -7.58. The largest absolute Gasteiger partial charge is 0.465 e. The van der Waals surface area contributed by atoms with Crippen molar-refractivity contribution in [1.82, 2.24) is 4.98 Å². The summed E-state index contributed by atoms with van der Waals surface area (Å²) in [5, 5.41) is 0. The van der Waals surface area contributed by atoms with E-state index in [9.17, 15) is 39.9 Å². The Bertz CT molecular complexity index is 848. The number of esters is 1. The van der Waals surface area contributed by atoms with Gasteiger partial charge in [0.2, 0.25) is 0 Å². The smallest absolute Gasteiger partial charge is 0.435 e. The molecule has 0 radical (unpaired) electrons. The summed E-state index contributed by atoms with van der Waals surface area (Å²) < 4.78 is 113. The standard InChI is InChI=1S/C16H9F8NO3/c1-27-13(26)8-6-11(17)12(25-7-8)28-10-4-2-9(3-5-10)14(18,15(19,20)21)16(22,23)24/h2-7H,1H3. The van der Waals surface area contributed by atoms with Crippen LogP contribution in [0.5, 0.6) is 11.6 Å². The molecule has 1 aromatic carbocycles. The molecule has 0 aliphatic rings. The van der Waals surface area contributed by atoms with Crippen LogP contribution >= 0.6 is 0 Å². The number of hydrogen-bond donors (Lipinski definition) is 0. The van der Waals surface area contributed by atoms with Gasteiger partial charge in [0.1, 0.15) is 5.75 Å². The van der Waals surface area contributed by atoms with E-state index >= 15 is 0 Å². The molecule has 0 spiro atoms. The molecule has 2 rings (SSSR count). The number of pyridine rings is 1. The molecule has 0 N–H and O–H groups in total. The number of rotatable bonds is 4. The van der Waals surface area contributed by atoms with Gasteiger partial charge in [0.25, 0.3) is 5.88 Å². The maximum atomic E-state index is 13.9. The van der Waals surface area contributed by atoms with Gasteiger partial charge in [-0.15, -0.1) is 0 Å². The maximum Gasteiger partial charge on any atom is 0.435 e. The van der Waals surface area contributed by atoms with Crippen LogP contribution in [0.3, 0.4) is 0 Å². The normalized spacial score (nSPS) is 12.6. The number of aromatic nitrogens is 1. The Morgan fingerprint density at radius 3 is 1.93 bits per heavy atom. The van der Waals surface area contributed by atoms with Gasteiger partial charge in [-0.1, -0.05) is 12.1 Å². The zero-order valence-corrected chi connectivity index (χ0v) is 13.7. The van der Waals surface area contributed by atoms with E-state index in [1.807, 2.05) is 0 Å². The highest BCUT2D eigenvalue weighted by Gasteiger charge is 2.73. The molecule has 12 heteroatoms. The monoisotopic (exact) mass is 415 g/mol. The van der Waals surface area contributed by atoms with E-state index in [4.69, 9.17) is 4.74 Å². The lowest BCUT2D eigenvalue weighted by Crippen LogP contribution is -2.50. The predicted octanol–water partition coefficient (Wildman–Crippen LogP) is 5.09.